The molecule has 1 aliphatic heterocycles. The summed E-state index contributed by atoms with van der Waals surface area (Å²) in [6, 6.07) is 1.66. The van der Waals surface area contributed by atoms with E-state index in [1.54, 1.807) is 13.0 Å². The van der Waals surface area contributed by atoms with Crippen LogP contribution < -0.4 is 10.6 Å². The van der Waals surface area contributed by atoms with Crippen LogP contribution in [0.15, 0.2) is 12.3 Å². The Morgan fingerprint density at radius 1 is 1.50 bits per heavy atom. The van der Waals surface area contributed by atoms with Gasteiger partial charge in [-0.1, -0.05) is 6.92 Å². The number of anilines is 2. The molecule has 0 spiro atoms. The van der Waals surface area contributed by atoms with Gasteiger partial charge in [-0.15, -0.1) is 0 Å². The van der Waals surface area contributed by atoms with Crippen LogP contribution in [-0.4, -0.2) is 16.8 Å². The number of amides is 2. The van der Waals surface area contributed by atoms with E-state index in [2.05, 4.69) is 4.98 Å². The maximum Gasteiger partial charge on any atom is 0.238 e. The molecule has 0 bridgehead atoms. The number of carbonyl (C=O) groups excluding carboxylic acids is 2. The van der Waals surface area contributed by atoms with Gasteiger partial charge in [-0.05, 0) is 18.6 Å². The Morgan fingerprint density at radius 3 is 2.69 bits per heavy atom. The molecular formula is C11H13N3O2. The quantitative estimate of drug-likeness (QED) is 0.711. The molecule has 1 aliphatic rings. The molecule has 0 radical (unpaired) electrons. The first-order valence-corrected chi connectivity index (χ1v) is 5.09. The van der Waals surface area contributed by atoms with Gasteiger partial charge in [-0.25, -0.2) is 9.88 Å². The average Bonchev–Trinajstić information content (AvgIpc) is 2.47. The summed E-state index contributed by atoms with van der Waals surface area (Å²) in [5.41, 5.74) is 7.00. The fraction of sp³-hybridized carbons (Fsp3) is 0.364. The summed E-state index contributed by atoms with van der Waals surface area (Å²) in [6.07, 6.45) is 1.72. The monoisotopic (exact) mass is 219 g/mol. The van der Waals surface area contributed by atoms with Crippen molar-refractivity contribution < 1.29 is 9.59 Å². The lowest BCUT2D eigenvalue weighted by Gasteiger charge is -2.14. The van der Waals surface area contributed by atoms with Gasteiger partial charge in [0.1, 0.15) is 5.82 Å². The fourth-order valence-corrected chi connectivity index (χ4v) is 1.70. The van der Waals surface area contributed by atoms with Crippen LogP contribution in [0.3, 0.4) is 0 Å². The zero-order chi connectivity index (χ0) is 11.9. The molecule has 1 unspecified atom stereocenters. The van der Waals surface area contributed by atoms with Crippen LogP contribution in [0.2, 0.25) is 0 Å². The first-order chi connectivity index (χ1) is 7.50. The Labute approximate surface area is 93.3 Å². The highest BCUT2D eigenvalue weighted by atomic mass is 16.2. The Balaban J connectivity index is 2.41. The Hall–Kier alpha value is -1.91. The van der Waals surface area contributed by atoms with Gasteiger partial charge in [0.05, 0.1) is 11.9 Å². The summed E-state index contributed by atoms with van der Waals surface area (Å²) in [7, 11) is 0. The van der Waals surface area contributed by atoms with E-state index in [0.29, 0.717) is 11.5 Å². The van der Waals surface area contributed by atoms with Crippen LogP contribution in [0.5, 0.6) is 0 Å². The minimum atomic E-state index is -0.257. The number of nitrogens with two attached hydrogens (primary N) is 1. The number of nitrogens with zero attached hydrogens (tertiary/aromatic N) is 2. The first-order valence-electron chi connectivity index (χ1n) is 5.09. The number of hydrogen-bond acceptors (Lipinski definition) is 4. The maximum absolute atomic E-state index is 11.7. The molecule has 2 N–H and O–H groups in total. The summed E-state index contributed by atoms with van der Waals surface area (Å²) >= 11 is 0. The van der Waals surface area contributed by atoms with Gasteiger partial charge < -0.3 is 5.73 Å². The van der Waals surface area contributed by atoms with Gasteiger partial charge in [-0.3, -0.25) is 9.59 Å². The topological polar surface area (TPSA) is 76.3 Å². The van der Waals surface area contributed by atoms with Gasteiger partial charge in [0.15, 0.2) is 0 Å². The van der Waals surface area contributed by atoms with Crippen molar-refractivity contribution in [3.05, 3.63) is 17.8 Å². The Kier molecular flexibility index (Phi) is 2.38. The van der Waals surface area contributed by atoms with Gasteiger partial charge >= 0.3 is 0 Å². The average molecular weight is 219 g/mol. The SMILES string of the molecule is Cc1cc(N2C(=O)CC(C)C2=O)ncc1N. The number of carbonyl (C=O) groups is 2. The van der Waals surface area contributed by atoms with E-state index in [9.17, 15) is 9.59 Å². The minimum Gasteiger partial charge on any atom is -0.397 e. The Morgan fingerprint density at radius 2 is 2.19 bits per heavy atom. The second kappa shape index (κ2) is 3.59. The number of nitrogen functional groups attached to an aromatic ring is 1. The molecule has 0 aliphatic carbocycles. The van der Waals surface area contributed by atoms with Crippen molar-refractivity contribution in [3.63, 3.8) is 0 Å². The van der Waals surface area contributed by atoms with Crippen LogP contribution in [0, 0.1) is 12.8 Å². The largest absolute Gasteiger partial charge is 0.397 e. The molecule has 2 amide bonds. The molecular weight excluding hydrogens is 206 g/mol. The highest BCUT2D eigenvalue weighted by molar-refractivity contribution is 6.20. The third-order valence-corrected chi connectivity index (χ3v) is 2.74. The third kappa shape index (κ3) is 1.54. The molecule has 16 heavy (non-hydrogen) atoms. The predicted octanol–water partition coefficient (Wildman–Crippen LogP) is 0.872. The number of aryl methyl sites for hydroxylation is 1. The molecule has 1 saturated heterocycles. The summed E-state index contributed by atoms with van der Waals surface area (Å²) < 4.78 is 0. The Bertz CT molecular complexity index is 470. The van der Waals surface area contributed by atoms with E-state index < -0.39 is 0 Å². The first kappa shape index (κ1) is 10.6. The molecule has 1 aromatic rings. The molecule has 1 aromatic heterocycles. The van der Waals surface area contributed by atoms with E-state index in [-0.39, 0.29) is 24.2 Å². The van der Waals surface area contributed by atoms with Crippen molar-refractivity contribution >= 4 is 23.3 Å². The van der Waals surface area contributed by atoms with Gasteiger partial charge in [-0.2, -0.15) is 0 Å². The third-order valence-electron chi connectivity index (χ3n) is 2.74. The number of pyridine rings is 1. The lowest BCUT2D eigenvalue weighted by Crippen LogP contribution is -2.30. The normalized spacial score (nSPS) is 20.6. The van der Waals surface area contributed by atoms with E-state index in [1.165, 1.54) is 6.20 Å². The van der Waals surface area contributed by atoms with E-state index >= 15 is 0 Å². The van der Waals surface area contributed by atoms with Gasteiger partial charge in [0, 0.05) is 12.3 Å². The van der Waals surface area contributed by atoms with Crippen molar-refractivity contribution in [2.75, 3.05) is 10.6 Å². The highest BCUT2D eigenvalue weighted by Gasteiger charge is 2.37. The standard InChI is InChI=1S/C11H13N3O2/c1-6-3-9(13-5-8(6)12)14-10(15)4-7(2)11(14)16/h3,5,7H,4,12H2,1-2H3. The highest BCUT2D eigenvalue weighted by Crippen LogP contribution is 2.26. The molecule has 0 aromatic carbocycles. The number of rotatable bonds is 1. The number of hydrogen-bond donors (Lipinski definition) is 1. The maximum atomic E-state index is 11.7. The lowest BCUT2D eigenvalue weighted by molar-refractivity contribution is -0.122. The molecule has 2 rings (SSSR count). The number of imide groups is 1. The molecule has 84 valence electrons. The van der Waals surface area contributed by atoms with Crippen LogP contribution in [0.4, 0.5) is 11.5 Å². The summed E-state index contributed by atoms with van der Waals surface area (Å²) in [4.78, 5) is 28.5. The minimum absolute atomic E-state index is 0.193. The summed E-state index contributed by atoms with van der Waals surface area (Å²) in [5.74, 6) is -0.283. The number of aromatic nitrogens is 1. The van der Waals surface area contributed by atoms with Crippen molar-refractivity contribution in [2.24, 2.45) is 5.92 Å². The fourth-order valence-electron chi connectivity index (χ4n) is 1.70. The van der Waals surface area contributed by atoms with Crippen LogP contribution in [-0.2, 0) is 9.59 Å². The zero-order valence-corrected chi connectivity index (χ0v) is 9.23. The van der Waals surface area contributed by atoms with Gasteiger partial charge in [0.2, 0.25) is 11.8 Å². The van der Waals surface area contributed by atoms with Crippen LogP contribution >= 0.6 is 0 Å². The van der Waals surface area contributed by atoms with Gasteiger partial charge in [0.25, 0.3) is 0 Å². The molecule has 2 heterocycles. The molecule has 5 nitrogen and oxygen atoms in total. The second-order valence-electron chi connectivity index (χ2n) is 4.07. The summed E-state index contributed by atoms with van der Waals surface area (Å²) in [5, 5.41) is 0. The van der Waals surface area contributed by atoms with Crippen LogP contribution in [0.1, 0.15) is 18.9 Å². The van der Waals surface area contributed by atoms with Crippen molar-refractivity contribution in [2.45, 2.75) is 20.3 Å². The van der Waals surface area contributed by atoms with E-state index in [0.717, 1.165) is 10.5 Å². The van der Waals surface area contributed by atoms with E-state index in [4.69, 9.17) is 5.73 Å². The van der Waals surface area contributed by atoms with Crippen molar-refractivity contribution in [1.82, 2.24) is 4.98 Å². The molecule has 5 heteroatoms. The molecule has 0 saturated carbocycles. The predicted molar refractivity (Wildman–Crippen MR) is 59.7 cm³/mol. The lowest BCUT2D eigenvalue weighted by atomic mass is 10.1. The van der Waals surface area contributed by atoms with E-state index in [1.807, 2.05) is 6.92 Å². The molecule has 1 fully saturated rings. The smallest absolute Gasteiger partial charge is 0.238 e. The van der Waals surface area contributed by atoms with Crippen molar-refractivity contribution in [1.29, 1.82) is 0 Å². The van der Waals surface area contributed by atoms with Crippen LogP contribution in [0.25, 0.3) is 0 Å². The zero-order valence-electron chi connectivity index (χ0n) is 9.23. The summed E-state index contributed by atoms with van der Waals surface area (Å²) in [6.45, 7) is 3.55. The molecule has 1 atom stereocenters. The second-order valence-corrected chi connectivity index (χ2v) is 4.07. The van der Waals surface area contributed by atoms with Crippen molar-refractivity contribution in [3.8, 4) is 0 Å².